The Balaban J connectivity index is 1.62. The maximum Gasteiger partial charge on any atom is 0.163 e. The van der Waals surface area contributed by atoms with Gasteiger partial charge in [-0.3, -0.25) is 10.6 Å². The van der Waals surface area contributed by atoms with Gasteiger partial charge in [-0.05, 0) is 69.0 Å². The summed E-state index contributed by atoms with van der Waals surface area (Å²) < 4.78 is 5.45. The molecular weight excluding hydrogens is 356 g/mol. The van der Waals surface area contributed by atoms with E-state index in [2.05, 4.69) is 4.90 Å². The third-order valence-corrected chi connectivity index (χ3v) is 8.16. The molecule has 6 nitrogen and oxygen atoms in total. The SMILES string of the molecule is NCOc1ccc2c(c1O)[C@]13CCN(CC4CCC4)[C@H](C2)[C@]1(O)CC[C@@H](O)C3. The largest absolute Gasteiger partial charge is 0.504 e. The Morgan fingerprint density at radius 2 is 2.04 bits per heavy atom. The molecule has 28 heavy (non-hydrogen) atoms. The van der Waals surface area contributed by atoms with Gasteiger partial charge in [0.2, 0.25) is 0 Å². The van der Waals surface area contributed by atoms with Crippen LogP contribution < -0.4 is 10.5 Å². The molecule has 5 rings (SSSR count). The highest BCUT2D eigenvalue weighted by molar-refractivity contribution is 5.58. The average Bonchev–Trinajstić information content (AvgIpc) is 2.62. The third-order valence-electron chi connectivity index (χ3n) is 8.16. The molecule has 1 heterocycles. The van der Waals surface area contributed by atoms with Crippen LogP contribution in [0, 0.1) is 5.92 Å². The second-order valence-electron chi connectivity index (χ2n) is 9.42. The van der Waals surface area contributed by atoms with Crippen LogP contribution in [0.2, 0.25) is 0 Å². The third kappa shape index (κ3) is 2.48. The number of aliphatic hydroxyl groups excluding tert-OH is 1. The van der Waals surface area contributed by atoms with Crippen molar-refractivity contribution < 1.29 is 20.1 Å². The van der Waals surface area contributed by atoms with Gasteiger partial charge in [0, 0.05) is 23.6 Å². The van der Waals surface area contributed by atoms with E-state index in [4.69, 9.17) is 10.5 Å². The number of piperidine rings is 1. The van der Waals surface area contributed by atoms with Crippen LogP contribution in [0.3, 0.4) is 0 Å². The summed E-state index contributed by atoms with van der Waals surface area (Å²) in [5, 5.41) is 33.8. The van der Waals surface area contributed by atoms with E-state index in [9.17, 15) is 15.3 Å². The number of ether oxygens (including phenoxy) is 1. The number of benzene rings is 1. The molecule has 0 aromatic heterocycles. The van der Waals surface area contributed by atoms with E-state index in [0.29, 0.717) is 25.0 Å². The quantitative estimate of drug-likeness (QED) is 0.585. The zero-order chi connectivity index (χ0) is 19.5. The van der Waals surface area contributed by atoms with Crippen LogP contribution in [0.1, 0.15) is 56.1 Å². The van der Waals surface area contributed by atoms with Gasteiger partial charge in [0.15, 0.2) is 11.5 Å². The molecule has 2 bridgehead atoms. The van der Waals surface area contributed by atoms with Crippen molar-refractivity contribution in [3.63, 3.8) is 0 Å². The molecule has 3 aliphatic carbocycles. The molecule has 1 saturated heterocycles. The minimum atomic E-state index is -0.931. The lowest BCUT2D eigenvalue weighted by atomic mass is 9.49. The van der Waals surface area contributed by atoms with Crippen molar-refractivity contribution in [2.75, 3.05) is 19.8 Å². The van der Waals surface area contributed by atoms with Gasteiger partial charge >= 0.3 is 0 Å². The molecule has 154 valence electrons. The first kappa shape index (κ1) is 18.7. The van der Waals surface area contributed by atoms with Crippen LogP contribution in [0.5, 0.6) is 11.5 Å². The predicted molar refractivity (Wildman–Crippen MR) is 105 cm³/mol. The number of phenols is 1. The zero-order valence-corrected chi connectivity index (χ0v) is 16.4. The van der Waals surface area contributed by atoms with Gasteiger partial charge in [-0.1, -0.05) is 12.5 Å². The Labute approximate surface area is 166 Å². The van der Waals surface area contributed by atoms with E-state index in [1.165, 1.54) is 19.3 Å². The summed E-state index contributed by atoms with van der Waals surface area (Å²) in [5.41, 5.74) is 5.84. The van der Waals surface area contributed by atoms with Gasteiger partial charge < -0.3 is 20.1 Å². The summed E-state index contributed by atoms with van der Waals surface area (Å²) in [5.74, 6) is 1.22. The number of hydrogen-bond donors (Lipinski definition) is 4. The summed E-state index contributed by atoms with van der Waals surface area (Å²) in [6.45, 7) is 1.95. The van der Waals surface area contributed by atoms with Gasteiger partial charge in [-0.2, -0.15) is 0 Å². The molecule has 6 heteroatoms. The molecule has 1 aromatic carbocycles. The second-order valence-corrected chi connectivity index (χ2v) is 9.42. The molecule has 2 saturated carbocycles. The molecule has 5 N–H and O–H groups in total. The lowest BCUT2D eigenvalue weighted by Crippen LogP contribution is -2.73. The fraction of sp³-hybridized carbons (Fsp3) is 0.727. The standard InChI is InChI=1S/C22H32N2O4/c23-13-28-17-5-4-15-10-18-22(27)7-6-16(25)11-21(22,19(15)20(17)26)8-9-24(18)12-14-2-1-3-14/h4-5,14,16,18,25-27H,1-3,6-13,23H2/t16-,18-,21-,22-/m1/s1. The molecule has 1 aliphatic heterocycles. The van der Waals surface area contributed by atoms with E-state index >= 15 is 0 Å². The first-order valence-corrected chi connectivity index (χ1v) is 10.8. The van der Waals surface area contributed by atoms with Crippen LogP contribution in [0.25, 0.3) is 0 Å². The van der Waals surface area contributed by atoms with Crippen molar-refractivity contribution in [1.29, 1.82) is 0 Å². The van der Waals surface area contributed by atoms with Gasteiger partial charge in [0.05, 0.1) is 11.7 Å². The number of aliphatic hydroxyl groups is 2. The normalized spacial score (nSPS) is 37.7. The predicted octanol–water partition coefficient (Wildman–Crippen LogP) is 1.63. The van der Waals surface area contributed by atoms with Crippen molar-refractivity contribution in [1.82, 2.24) is 4.90 Å². The van der Waals surface area contributed by atoms with E-state index < -0.39 is 17.1 Å². The zero-order valence-electron chi connectivity index (χ0n) is 16.4. The highest BCUT2D eigenvalue weighted by Gasteiger charge is 2.65. The first-order chi connectivity index (χ1) is 13.5. The monoisotopic (exact) mass is 388 g/mol. The van der Waals surface area contributed by atoms with Crippen LogP contribution in [-0.4, -0.2) is 57.8 Å². The first-order valence-electron chi connectivity index (χ1n) is 10.8. The highest BCUT2D eigenvalue weighted by atomic mass is 16.5. The number of fused-ring (bicyclic) bond motifs is 1. The molecule has 0 amide bonds. The molecule has 4 aliphatic rings. The van der Waals surface area contributed by atoms with Crippen molar-refractivity contribution in [2.24, 2.45) is 11.7 Å². The van der Waals surface area contributed by atoms with Gasteiger partial charge in [0.25, 0.3) is 0 Å². The van der Waals surface area contributed by atoms with Gasteiger partial charge in [-0.25, -0.2) is 0 Å². The number of likely N-dealkylation sites (tertiary alicyclic amines) is 1. The molecule has 0 spiro atoms. The Bertz CT molecular complexity index is 767. The van der Waals surface area contributed by atoms with E-state index in [-0.39, 0.29) is 18.5 Å². The Hall–Kier alpha value is -1.34. The smallest absolute Gasteiger partial charge is 0.163 e. The van der Waals surface area contributed by atoms with Crippen LogP contribution in [0.4, 0.5) is 0 Å². The molecule has 0 radical (unpaired) electrons. The van der Waals surface area contributed by atoms with E-state index in [1.807, 2.05) is 6.07 Å². The summed E-state index contributed by atoms with van der Waals surface area (Å²) in [4.78, 5) is 2.50. The van der Waals surface area contributed by atoms with Crippen LogP contribution >= 0.6 is 0 Å². The summed E-state index contributed by atoms with van der Waals surface area (Å²) in [6, 6.07) is 3.85. The Morgan fingerprint density at radius 1 is 1.21 bits per heavy atom. The van der Waals surface area contributed by atoms with Crippen LogP contribution in [0.15, 0.2) is 12.1 Å². The summed E-state index contributed by atoms with van der Waals surface area (Å²) >= 11 is 0. The van der Waals surface area contributed by atoms with Crippen molar-refractivity contribution in [3.05, 3.63) is 23.3 Å². The van der Waals surface area contributed by atoms with Gasteiger partial charge in [-0.15, -0.1) is 0 Å². The highest BCUT2D eigenvalue weighted by Crippen LogP contribution is 2.61. The van der Waals surface area contributed by atoms with Crippen LogP contribution in [-0.2, 0) is 11.8 Å². The maximum absolute atomic E-state index is 12.1. The second kappa shape index (κ2) is 6.59. The fourth-order valence-corrected chi connectivity index (χ4v) is 6.60. The number of rotatable bonds is 4. The molecule has 0 unspecified atom stereocenters. The van der Waals surface area contributed by atoms with Gasteiger partial charge in [0.1, 0.15) is 6.73 Å². The lowest BCUT2D eigenvalue weighted by molar-refractivity contribution is -0.185. The maximum atomic E-state index is 12.1. The molecule has 1 aromatic rings. The van der Waals surface area contributed by atoms with Crippen molar-refractivity contribution in [2.45, 2.75) is 74.5 Å². The van der Waals surface area contributed by atoms with E-state index in [1.54, 1.807) is 6.07 Å². The fourth-order valence-electron chi connectivity index (χ4n) is 6.60. The molecule has 3 fully saturated rings. The molecule has 4 atom stereocenters. The Kier molecular flexibility index (Phi) is 4.40. The number of phenolic OH excluding ortho intramolecular Hbond substituents is 1. The van der Waals surface area contributed by atoms with Crippen molar-refractivity contribution in [3.8, 4) is 11.5 Å². The summed E-state index contributed by atoms with van der Waals surface area (Å²) in [7, 11) is 0. The minimum absolute atomic E-state index is 0.00989. The number of hydrogen-bond acceptors (Lipinski definition) is 6. The summed E-state index contributed by atoms with van der Waals surface area (Å²) in [6.07, 6.45) is 6.61. The number of nitrogens with zero attached hydrogens (tertiary/aromatic N) is 1. The lowest BCUT2D eigenvalue weighted by Gasteiger charge is -2.64. The number of nitrogens with two attached hydrogens (primary N) is 1. The Morgan fingerprint density at radius 3 is 2.75 bits per heavy atom. The average molecular weight is 389 g/mol. The topological polar surface area (TPSA) is 99.2 Å². The molecular formula is C22H32N2O4. The minimum Gasteiger partial charge on any atom is -0.504 e. The van der Waals surface area contributed by atoms with E-state index in [0.717, 1.165) is 43.0 Å². The van der Waals surface area contributed by atoms with Crippen molar-refractivity contribution >= 4 is 0 Å². The number of aromatic hydroxyl groups is 1.